The molecule has 1 fully saturated rings. The molecule has 3 rings (SSSR count). The molecule has 0 N–H and O–H groups in total. The van der Waals surface area contributed by atoms with E-state index in [-0.39, 0.29) is 18.0 Å². The van der Waals surface area contributed by atoms with Crippen LogP contribution in [-0.2, 0) is 9.53 Å². The Kier molecular flexibility index (Phi) is 5.05. The Morgan fingerprint density at radius 3 is 2.74 bits per heavy atom. The predicted octanol–water partition coefficient (Wildman–Crippen LogP) is 4.02. The van der Waals surface area contributed by atoms with Gasteiger partial charge in [-0.25, -0.2) is 4.79 Å². The molecule has 0 amide bonds. The second-order valence-corrected chi connectivity index (χ2v) is 7.35. The number of nitrogens with zero attached hydrogens (tertiary/aromatic N) is 1. The van der Waals surface area contributed by atoms with Crippen molar-refractivity contribution in [1.29, 1.82) is 0 Å². The van der Waals surface area contributed by atoms with Crippen LogP contribution in [-0.4, -0.2) is 36.1 Å². The maximum Gasteiger partial charge on any atom is 0.334 e. The summed E-state index contributed by atoms with van der Waals surface area (Å²) < 4.78 is 5.67. The van der Waals surface area contributed by atoms with Crippen LogP contribution in [0.4, 0.5) is 0 Å². The third-order valence-electron chi connectivity index (χ3n) is 5.61. The van der Waals surface area contributed by atoms with Gasteiger partial charge in [-0.2, -0.15) is 0 Å². The van der Waals surface area contributed by atoms with E-state index in [9.17, 15) is 4.79 Å². The van der Waals surface area contributed by atoms with E-state index in [1.165, 1.54) is 37.9 Å². The number of fused-ring (bicyclic) bond motifs is 1. The molecule has 0 aromatic heterocycles. The van der Waals surface area contributed by atoms with Gasteiger partial charge in [0, 0.05) is 17.5 Å². The smallest absolute Gasteiger partial charge is 0.334 e. The second-order valence-electron chi connectivity index (χ2n) is 7.35. The van der Waals surface area contributed by atoms with Gasteiger partial charge < -0.3 is 4.74 Å². The van der Waals surface area contributed by atoms with E-state index < -0.39 is 0 Å². The summed E-state index contributed by atoms with van der Waals surface area (Å²) in [6.45, 7) is 10.9. The number of carbonyl (C=O) groups is 1. The highest BCUT2D eigenvalue weighted by Crippen LogP contribution is 2.34. The lowest BCUT2D eigenvalue weighted by molar-refractivity contribution is -0.141. The quantitative estimate of drug-likeness (QED) is 0.569. The van der Waals surface area contributed by atoms with E-state index in [1.54, 1.807) is 0 Å². The summed E-state index contributed by atoms with van der Waals surface area (Å²) in [5, 5.41) is 0. The van der Waals surface area contributed by atoms with Crippen molar-refractivity contribution in [1.82, 2.24) is 4.90 Å². The average Bonchev–Trinajstić information content (AvgIpc) is 2.88. The molecule has 0 saturated carbocycles. The molecule has 0 aromatic rings. The molecule has 3 aliphatic rings. The number of rotatable bonds is 2. The molecule has 2 heterocycles. The molecule has 3 nitrogen and oxygen atoms in total. The maximum atomic E-state index is 12.1. The topological polar surface area (TPSA) is 29.5 Å². The summed E-state index contributed by atoms with van der Waals surface area (Å²) in [5.74, 6) is 0.0913. The highest BCUT2D eigenvalue weighted by molar-refractivity contribution is 5.91. The van der Waals surface area contributed by atoms with Crippen LogP contribution in [0.25, 0.3) is 0 Å². The van der Waals surface area contributed by atoms with Crippen LogP contribution in [0.3, 0.4) is 0 Å². The van der Waals surface area contributed by atoms with Crippen molar-refractivity contribution >= 4 is 5.97 Å². The molecule has 126 valence electrons. The molecular weight excluding hydrogens is 286 g/mol. The number of allylic oxidation sites excluding steroid dienone is 1. The summed E-state index contributed by atoms with van der Waals surface area (Å²) in [5.41, 5.74) is 3.42. The molecule has 3 atom stereocenters. The van der Waals surface area contributed by atoms with Gasteiger partial charge >= 0.3 is 5.97 Å². The first-order valence-corrected chi connectivity index (χ1v) is 9.04. The Morgan fingerprint density at radius 1 is 1.30 bits per heavy atom. The van der Waals surface area contributed by atoms with Gasteiger partial charge in [0.1, 0.15) is 6.10 Å². The summed E-state index contributed by atoms with van der Waals surface area (Å²) in [7, 11) is 0. The van der Waals surface area contributed by atoms with Crippen molar-refractivity contribution in [2.24, 2.45) is 5.92 Å². The standard InChI is InChI=1S/C20H29NO2/c1-14(2)17-13-18(21-10-5-4-6-11-21)15(3)8-7-9-16-12-19(17)23-20(16)22/h8,12,17-19H,1,4-7,9-11,13H2,2-3H3/t17-,18+,19-/m0/s1. The first kappa shape index (κ1) is 16.5. The van der Waals surface area contributed by atoms with E-state index in [0.717, 1.165) is 30.4 Å². The van der Waals surface area contributed by atoms with Crippen molar-refractivity contribution in [2.45, 2.75) is 64.5 Å². The van der Waals surface area contributed by atoms with Gasteiger partial charge in [0.05, 0.1) is 0 Å². The number of carbonyl (C=O) groups excluding carboxylic acids is 1. The van der Waals surface area contributed by atoms with Crippen molar-refractivity contribution < 1.29 is 9.53 Å². The second kappa shape index (κ2) is 7.04. The Balaban J connectivity index is 1.88. The highest BCUT2D eigenvalue weighted by atomic mass is 16.5. The summed E-state index contributed by atoms with van der Waals surface area (Å²) in [6.07, 6.45) is 10.9. The van der Waals surface area contributed by atoms with Crippen molar-refractivity contribution in [3.63, 3.8) is 0 Å². The fourth-order valence-electron chi connectivity index (χ4n) is 4.18. The minimum atomic E-state index is -0.122. The Morgan fingerprint density at radius 2 is 2.04 bits per heavy atom. The van der Waals surface area contributed by atoms with Crippen molar-refractivity contribution in [3.05, 3.63) is 35.5 Å². The molecule has 1 saturated heterocycles. The zero-order valence-corrected chi connectivity index (χ0v) is 14.5. The van der Waals surface area contributed by atoms with E-state index in [1.807, 2.05) is 0 Å². The lowest BCUT2D eigenvalue weighted by Gasteiger charge is -2.38. The van der Waals surface area contributed by atoms with E-state index >= 15 is 0 Å². The lowest BCUT2D eigenvalue weighted by Crippen LogP contribution is -2.42. The summed E-state index contributed by atoms with van der Waals surface area (Å²) >= 11 is 0. The SMILES string of the molecule is C=C(C)[C@@H]1C[C@@H](N2CCCCC2)C(C)=CCCC2=C[C@@H]1OC2=O. The monoisotopic (exact) mass is 315 g/mol. The number of hydrogen-bond donors (Lipinski definition) is 0. The zero-order valence-electron chi connectivity index (χ0n) is 14.5. The van der Waals surface area contributed by atoms with Crippen molar-refractivity contribution in [3.8, 4) is 0 Å². The third kappa shape index (κ3) is 3.60. The first-order valence-electron chi connectivity index (χ1n) is 9.04. The van der Waals surface area contributed by atoms with Crippen LogP contribution in [0.15, 0.2) is 35.5 Å². The van der Waals surface area contributed by atoms with Gasteiger partial charge in [0.2, 0.25) is 0 Å². The number of likely N-dealkylation sites (tertiary alicyclic amines) is 1. The molecule has 23 heavy (non-hydrogen) atoms. The van der Waals surface area contributed by atoms with Crippen LogP contribution in [0.1, 0.15) is 52.4 Å². The lowest BCUT2D eigenvalue weighted by atomic mass is 9.84. The first-order chi connectivity index (χ1) is 11.1. The minimum Gasteiger partial charge on any atom is -0.454 e. The molecule has 0 aromatic carbocycles. The minimum absolute atomic E-state index is 0.117. The molecule has 0 radical (unpaired) electrons. The number of ether oxygens (including phenoxy) is 1. The van der Waals surface area contributed by atoms with Crippen LogP contribution < -0.4 is 0 Å². The molecule has 1 aliphatic carbocycles. The predicted molar refractivity (Wildman–Crippen MR) is 93.1 cm³/mol. The molecule has 2 bridgehead atoms. The summed E-state index contributed by atoms with van der Waals surface area (Å²) in [6, 6.07) is 0.450. The van der Waals surface area contributed by atoms with Gasteiger partial charge in [0.25, 0.3) is 0 Å². The van der Waals surface area contributed by atoms with Gasteiger partial charge in [-0.3, -0.25) is 4.90 Å². The van der Waals surface area contributed by atoms with Gasteiger partial charge in [-0.15, -0.1) is 0 Å². The number of esters is 1. The Labute approximate surface area is 140 Å². The Hall–Kier alpha value is -1.35. The van der Waals surface area contributed by atoms with Gasteiger partial charge in [-0.1, -0.05) is 30.2 Å². The molecule has 0 unspecified atom stereocenters. The molecule has 3 heteroatoms. The largest absolute Gasteiger partial charge is 0.454 e. The molecule has 0 spiro atoms. The highest BCUT2D eigenvalue weighted by Gasteiger charge is 2.35. The van der Waals surface area contributed by atoms with E-state index in [4.69, 9.17) is 4.74 Å². The van der Waals surface area contributed by atoms with Crippen LogP contribution in [0.2, 0.25) is 0 Å². The normalized spacial score (nSPS) is 32.8. The third-order valence-corrected chi connectivity index (χ3v) is 5.61. The summed E-state index contributed by atoms with van der Waals surface area (Å²) in [4.78, 5) is 14.7. The molecular formula is C20H29NO2. The van der Waals surface area contributed by atoms with Crippen LogP contribution >= 0.6 is 0 Å². The Bertz CT molecular complexity index is 540. The van der Waals surface area contributed by atoms with Gasteiger partial charge in [-0.05, 0) is 65.1 Å². The fourth-order valence-corrected chi connectivity index (χ4v) is 4.18. The fraction of sp³-hybridized carbons (Fsp3) is 0.650. The number of hydrogen-bond acceptors (Lipinski definition) is 3. The van der Waals surface area contributed by atoms with Crippen LogP contribution in [0, 0.1) is 5.92 Å². The number of piperidine rings is 1. The van der Waals surface area contributed by atoms with Crippen molar-refractivity contribution in [2.75, 3.05) is 13.1 Å². The zero-order chi connectivity index (χ0) is 16.4. The van der Waals surface area contributed by atoms with E-state index in [0.29, 0.717) is 6.04 Å². The van der Waals surface area contributed by atoms with E-state index in [2.05, 4.69) is 37.5 Å². The van der Waals surface area contributed by atoms with Gasteiger partial charge in [0.15, 0.2) is 0 Å². The van der Waals surface area contributed by atoms with Crippen LogP contribution in [0.5, 0.6) is 0 Å². The average molecular weight is 315 g/mol. The molecule has 2 aliphatic heterocycles. The maximum absolute atomic E-state index is 12.1.